The zero-order valence-corrected chi connectivity index (χ0v) is 15.3. The zero-order chi connectivity index (χ0) is 17.8. The first-order valence-corrected chi connectivity index (χ1v) is 9.73. The molecule has 25 heavy (non-hydrogen) atoms. The van der Waals surface area contributed by atoms with Crippen LogP contribution in [-0.2, 0) is 12.8 Å². The number of hydrogen-bond acceptors (Lipinski definition) is 5. The lowest BCUT2D eigenvalue weighted by atomic mass is 9.88. The number of aromatic amines is 1. The minimum absolute atomic E-state index is 0.0668. The molecule has 0 saturated carbocycles. The largest absolute Gasteiger partial charge is 0.496 e. The van der Waals surface area contributed by atoms with Crippen molar-refractivity contribution in [2.45, 2.75) is 25.3 Å². The molecule has 1 unspecified atom stereocenters. The second-order valence-electron chi connectivity index (χ2n) is 6.05. The van der Waals surface area contributed by atoms with E-state index in [4.69, 9.17) is 4.74 Å². The topological polar surface area (TPSA) is 87.2 Å². The number of thioether (sulfide) groups is 1. The number of H-pyrrole nitrogens is 1. The van der Waals surface area contributed by atoms with Crippen molar-refractivity contribution in [2.75, 3.05) is 25.7 Å². The summed E-state index contributed by atoms with van der Waals surface area (Å²) < 4.78 is 5.44. The highest BCUT2D eigenvalue weighted by Gasteiger charge is 2.27. The Morgan fingerprint density at radius 3 is 2.96 bits per heavy atom. The Hall–Kier alpha value is -1.99. The fraction of sp³-hybridized carbons (Fsp3) is 0.444. The monoisotopic (exact) mass is 361 g/mol. The smallest absolute Gasteiger partial charge is 0.269 e. The van der Waals surface area contributed by atoms with Crippen LogP contribution in [0.1, 0.15) is 28.0 Å². The molecule has 1 aliphatic rings. The zero-order valence-electron chi connectivity index (χ0n) is 14.5. The molecular formula is C18H23N3O3S. The van der Waals surface area contributed by atoms with Gasteiger partial charge < -0.3 is 15.2 Å². The molecule has 134 valence electrons. The van der Waals surface area contributed by atoms with Gasteiger partial charge in [0.25, 0.3) is 5.91 Å². The summed E-state index contributed by atoms with van der Waals surface area (Å²) in [5.41, 5.74) is 4.38. The quantitative estimate of drug-likeness (QED) is 0.702. The number of nitrogens with one attached hydrogen (secondary N) is 2. The molecule has 0 aliphatic heterocycles. The summed E-state index contributed by atoms with van der Waals surface area (Å²) in [6.45, 7) is -0.0668. The molecule has 6 nitrogen and oxygen atoms in total. The lowest BCUT2D eigenvalue weighted by Gasteiger charge is -2.19. The average Bonchev–Trinajstić information content (AvgIpc) is 3.09. The number of aromatic nitrogens is 2. The third-order valence-corrected chi connectivity index (χ3v) is 5.20. The number of carbonyl (C=O) groups excluding carboxylic acids is 1. The maximum absolute atomic E-state index is 12.6. The van der Waals surface area contributed by atoms with Crippen molar-refractivity contribution < 1.29 is 14.6 Å². The van der Waals surface area contributed by atoms with Crippen molar-refractivity contribution >= 4 is 17.7 Å². The van der Waals surface area contributed by atoms with E-state index in [-0.39, 0.29) is 18.6 Å². The molecule has 0 radical (unpaired) electrons. The molecule has 0 saturated heterocycles. The number of amides is 1. The molecule has 2 aromatic rings. The predicted molar refractivity (Wildman–Crippen MR) is 99.3 cm³/mol. The van der Waals surface area contributed by atoms with Crippen molar-refractivity contribution in [3.05, 3.63) is 35.0 Å². The Balaban J connectivity index is 1.85. The van der Waals surface area contributed by atoms with Crippen LogP contribution >= 0.6 is 11.8 Å². The first kappa shape index (κ1) is 17.8. The van der Waals surface area contributed by atoms with Crippen LogP contribution in [0.2, 0.25) is 0 Å². The Labute approximate surface area is 151 Å². The molecule has 0 bridgehead atoms. The van der Waals surface area contributed by atoms with Crippen LogP contribution in [0.25, 0.3) is 11.3 Å². The summed E-state index contributed by atoms with van der Waals surface area (Å²) in [4.78, 5) is 12.6. The highest BCUT2D eigenvalue weighted by atomic mass is 32.2. The fourth-order valence-electron chi connectivity index (χ4n) is 3.23. The number of carbonyl (C=O) groups is 1. The molecule has 1 aromatic heterocycles. The van der Waals surface area contributed by atoms with E-state index >= 15 is 0 Å². The number of hydrogen-bond donors (Lipinski definition) is 3. The van der Waals surface area contributed by atoms with Gasteiger partial charge in [0.15, 0.2) is 0 Å². The number of methoxy groups -OCH3 is 1. The highest BCUT2D eigenvalue weighted by Crippen LogP contribution is 2.37. The van der Waals surface area contributed by atoms with Gasteiger partial charge in [0.1, 0.15) is 11.4 Å². The Morgan fingerprint density at radius 2 is 2.24 bits per heavy atom. The number of aliphatic hydroxyl groups excluding tert-OH is 1. The van der Waals surface area contributed by atoms with Gasteiger partial charge in [0.2, 0.25) is 0 Å². The molecule has 1 aromatic carbocycles. The third-order valence-electron chi connectivity index (χ3n) is 4.55. The number of benzene rings is 1. The SMILES string of the molecule is COc1cccc2c1CCc1c-2n[nH]c1C(=O)NC(CO)CCSC. The van der Waals surface area contributed by atoms with Gasteiger partial charge in [0, 0.05) is 16.7 Å². The van der Waals surface area contributed by atoms with Crippen LogP contribution in [0.5, 0.6) is 5.75 Å². The lowest BCUT2D eigenvalue weighted by Crippen LogP contribution is -2.38. The minimum Gasteiger partial charge on any atom is -0.496 e. The maximum atomic E-state index is 12.6. The summed E-state index contributed by atoms with van der Waals surface area (Å²) in [5, 5.41) is 19.6. The summed E-state index contributed by atoms with van der Waals surface area (Å²) >= 11 is 1.69. The molecule has 1 heterocycles. The fourth-order valence-corrected chi connectivity index (χ4v) is 3.75. The van der Waals surface area contributed by atoms with E-state index in [0.29, 0.717) is 5.69 Å². The first-order valence-electron chi connectivity index (χ1n) is 8.33. The molecule has 1 aliphatic carbocycles. The molecule has 1 amide bonds. The van der Waals surface area contributed by atoms with Gasteiger partial charge in [-0.15, -0.1) is 0 Å². The minimum atomic E-state index is -0.241. The van der Waals surface area contributed by atoms with Crippen LogP contribution in [-0.4, -0.2) is 53.0 Å². The predicted octanol–water partition coefficient (Wildman–Crippen LogP) is 2.03. The van der Waals surface area contributed by atoms with Gasteiger partial charge in [-0.05, 0) is 37.3 Å². The van der Waals surface area contributed by atoms with Crippen LogP contribution in [0.15, 0.2) is 18.2 Å². The Kier molecular flexibility index (Phi) is 5.65. The van der Waals surface area contributed by atoms with E-state index in [1.54, 1.807) is 18.9 Å². The normalized spacial score (nSPS) is 13.7. The Bertz CT molecular complexity index is 760. The molecular weight excluding hydrogens is 338 g/mol. The van der Waals surface area contributed by atoms with Gasteiger partial charge in [-0.3, -0.25) is 9.89 Å². The Morgan fingerprint density at radius 1 is 1.44 bits per heavy atom. The van der Waals surface area contributed by atoms with Crippen molar-refractivity contribution in [3.8, 4) is 17.0 Å². The van der Waals surface area contributed by atoms with Gasteiger partial charge in [-0.2, -0.15) is 16.9 Å². The van der Waals surface area contributed by atoms with Crippen LogP contribution in [0.4, 0.5) is 0 Å². The van der Waals surface area contributed by atoms with Gasteiger partial charge in [0.05, 0.1) is 25.5 Å². The van der Waals surface area contributed by atoms with Crippen molar-refractivity contribution in [1.82, 2.24) is 15.5 Å². The summed E-state index contributed by atoms with van der Waals surface area (Å²) in [5.74, 6) is 1.54. The third kappa shape index (κ3) is 3.52. The van der Waals surface area contributed by atoms with Gasteiger partial charge >= 0.3 is 0 Å². The number of aliphatic hydroxyl groups is 1. The van der Waals surface area contributed by atoms with E-state index < -0.39 is 0 Å². The standard InChI is InChI=1S/C18H23N3O3S/c1-24-15-5-3-4-13-12(15)6-7-14-16(13)20-21-17(14)18(23)19-11(10-22)8-9-25-2/h3-5,11,22H,6-10H2,1-2H3,(H,19,23)(H,20,21). The van der Waals surface area contributed by atoms with Crippen LogP contribution < -0.4 is 10.1 Å². The first-order chi connectivity index (χ1) is 12.2. The van der Waals surface area contributed by atoms with Crippen LogP contribution in [0, 0.1) is 0 Å². The van der Waals surface area contributed by atoms with Crippen molar-refractivity contribution in [1.29, 1.82) is 0 Å². The highest BCUT2D eigenvalue weighted by molar-refractivity contribution is 7.98. The number of nitrogens with zero attached hydrogens (tertiary/aromatic N) is 1. The van der Waals surface area contributed by atoms with E-state index in [0.717, 1.165) is 53.1 Å². The summed E-state index contributed by atoms with van der Waals surface area (Å²) in [6, 6.07) is 5.65. The molecule has 1 atom stereocenters. The van der Waals surface area contributed by atoms with Gasteiger partial charge in [-0.1, -0.05) is 12.1 Å². The molecule has 0 spiro atoms. The van der Waals surface area contributed by atoms with E-state index in [1.165, 1.54) is 0 Å². The molecule has 3 N–H and O–H groups in total. The second-order valence-corrected chi connectivity index (χ2v) is 7.03. The number of fused-ring (bicyclic) bond motifs is 3. The van der Waals surface area contributed by atoms with E-state index in [2.05, 4.69) is 15.5 Å². The molecule has 0 fully saturated rings. The maximum Gasteiger partial charge on any atom is 0.269 e. The van der Waals surface area contributed by atoms with Crippen molar-refractivity contribution in [3.63, 3.8) is 0 Å². The van der Waals surface area contributed by atoms with Gasteiger partial charge in [-0.25, -0.2) is 0 Å². The van der Waals surface area contributed by atoms with E-state index in [9.17, 15) is 9.90 Å². The number of rotatable bonds is 7. The van der Waals surface area contributed by atoms with Crippen molar-refractivity contribution in [2.24, 2.45) is 0 Å². The lowest BCUT2D eigenvalue weighted by molar-refractivity contribution is 0.0909. The average molecular weight is 361 g/mol. The molecule has 7 heteroatoms. The van der Waals surface area contributed by atoms with E-state index in [1.807, 2.05) is 24.5 Å². The second kappa shape index (κ2) is 7.93. The summed E-state index contributed by atoms with van der Waals surface area (Å²) in [6.07, 6.45) is 4.28. The summed E-state index contributed by atoms with van der Waals surface area (Å²) in [7, 11) is 1.66. The number of ether oxygens (including phenoxy) is 1. The van der Waals surface area contributed by atoms with Crippen LogP contribution in [0.3, 0.4) is 0 Å². The molecule has 3 rings (SSSR count).